The van der Waals surface area contributed by atoms with Crippen molar-refractivity contribution in [3.63, 3.8) is 0 Å². The van der Waals surface area contributed by atoms with Crippen molar-refractivity contribution in [3.8, 4) is 5.75 Å². The smallest absolute Gasteiger partial charge is 0.139 e. The molecule has 0 radical (unpaired) electrons. The summed E-state index contributed by atoms with van der Waals surface area (Å²) in [6.45, 7) is 4.41. The summed E-state index contributed by atoms with van der Waals surface area (Å²) in [5, 5.41) is 0. The third-order valence-corrected chi connectivity index (χ3v) is 2.10. The highest BCUT2D eigenvalue weighted by Gasteiger charge is 2.03. The van der Waals surface area contributed by atoms with Crippen molar-refractivity contribution in [2.24, 2.45) is 0 Å². The Morgan fingerprint density at radius 1 is 1.33 bits per heavy atom. The predicted molar refractivity (Wildman–Crippen MR) is 55.3 cm³/mol. The molecule has 0 heterocycles. The molecule has 0 amide bonds. The Kier molecular flexibility index (Phi) is 2.80. The van der Waals surface area contributed by atoms with Gasteiger partial charge in [0.25, 0.3) is 0 Å². The summed E-state index contributed by atoms with van der Waals surface area (Å²) in [7, 11) is 3.82. The van der Waals surface area contributed by atoms with E-state index in [1.165, 1.54) is 11.0 Å². The maximum Gasteiger partial charge on any atom is 0.139 e. The summed E-state index contributed by atoms with van der Waals surface area (Å²) in [6.07, 6.45) is 0. The third kappa shape index (κ3) is 1.82. The Hall–Kier alpha value is -0.915. The lowest BCUT2D eigenvalue weighted by Gasteiger charge is -2.10. The quantitative estimate of drug-likeness (QED) is 0.591. The van der Waals surface area contributed by atoms with Crippen LogP contribution in [-0.4, -0.2) is 15.0 Å². The van der Waals surface area contributed by atoms with Crippen LogP contribution in [0.4, 0.5) is 0 Å². The molecular weight excluding hydrogens is 147 g/mol. The van der Waals surface area contributed by atoms with E-state index in [4.69, 9.17) is 4.74 Å². The zero-order chi connectivity index (χ0) is 9.14. The Morgan fingerprint density at radius 3 is 2.42 bits per heavy atom. The average molecular weight is 162 g/mol. The van der Waals surface area contributed by atoms with Gasteiger partial charge in [-0.25, -0.2) is 0 Å². The molecule has 1 aromatic rings. The third-order valence-electron chi connectivity index (χ3n) is 2.10. The van der Waals surface area contributed by atoms with Gasteiger partial charge in [-0.2, -0.15) is 0 Å². The van der Waals surface area contributed by atoms with Crippen molar-refractivity contribution in [1.82, 2.24) is 0 Å². The van der Waals surface area contributed by atoms with Gasteiger partial charge in [-0.05, 0) is 18.1 Å². The second-order valence-electron chi connectivity index (χ2n) is 3.38. The van der Waals surface area contributed by atoms with Crippen LogP contribution in [0.3, 0.4) is 0 Å². The fourth-order valence-electron chi connectivity index (χ4n) is 1.42. The first kappa shape index (κ1) is 9.18. The normalized spacial score (nSPS) is 10.3. The Bertz CT molecular complexity index is 269. The number of hydrogen-bond acceptors (Lipinski definition) is 1. The van der Waals surface area contributed by atoms with Gasteiger partial charge in [0.15, 0.2) is 0 Å². The molecule has 1 rings (SSSR count). The van der Waals surface area contributed by atoms with Crippen molar-refractivity contribution in [2.45, 2.75) is 19.8 Å². The van der Waals surface area contributed by atoms with Crippen molar-refractivity contribution in [2.75, 3.05) is 7.11 Å². The highest BCUT2D eigenvalue weighted by molar-refractivity contribution is 6.33. The van der Waals surface area contributed by atoms with Crippen molar-refractivity contribution < 1.29 is 4.74 Å². The van der Waals surface area contributed by atoms with Gasteiger partial charge >= 0.3 is 0 Å². The first-order valence-corrected chi connectivity index (χ1v) is 4.29. The largest absolute Gasteiger partial charge is 0.497 e. The molecule has 0 spiro atoms. The molecule has 0 saturated heterocycles. The summed E-state index contributed by atoms with van der Waals surface area (Å²) in [4.78, 5) is 0. The second-order valence-corrected chi connectivity index (χ2v) is 3.38. The highest BCUT2D eigenvalue weighted by atomic mass is 16.5. The zero-order valence-corrected chi connectivity index (χ0v) is 8.22. The lowest BCUT2D eigenvalue weighted by atomic mass is 9.85. The van der Waals surface area contributed by atoms with Crippen LogP contribution in [0.5, 0.6) is 5.75 Å². The number of methoxy groups -OCH3 is 1. The van der Waals surface area contributed by atoms with Crippen LogP contribution in [0.15, 0.2) is 18.2 Å². The monoisotopic (exact) mass is 162 g/mol. The maximum atomic E-state index is 5.13. The number of rotatable bonds is 2. The number of ether oxygens (including phenoxy) is 1. The Labute approximate surface area is 75.2 Å². The van der Waals surface area contributed by atoms with Gasteiger partial charge in [0, 0.05) is 0 Å². The maximum absolute atomic E-state index is 5.13. The van der Waals surface area contributed by atoms with Gasteiger partial charge in [-0.3, -0.25) is 0 Å². The molecule has 0 aliphatic rings. The molecule has 0 unspecified atom stereocenters. The van der Waals surface area contributed by atoms with E-state index in [1.807, 2.05) is 6.07 Å². The first-order valence-electron chi connectivity index (χ1n) is 4.29. The van der Waals surface area contributed by atoms with Crippen LogP contribution < -0.4 is 10.2 Å². The minimum absolute atomic E-state index is 0.593. The molecular formula is C10H15BO. The van der Waals surface area contributed by atoms with E-state index in [1.54, 1.807) is 7.11 Å². The van der Waals surface area contributed by atoms with E-state index >= 15 is 0 Å². The van der Waals surface area contributed by atoms with E-state index < -0.39 is 0 Å². The molecule has 0 bridgehead atoms. The molecule has 1 nitrogen and oxygen atoms in total. The van der Waals surface area contributed by atoms with Crippen LogP contribution in [-0.2, 0) is 0 Å². The van der Waals surface area contributed by atoms with Crippen molar-refractivity contribution in [3.05, 3.63) is 23.8 Å². The average Bonchev–Trinajstić information content (AvgIpc) is 2.03. The molecule has 2 heteroatoms. The topological polar surface area (TPSA) is 9.23 Å². The van der Waals surface area contributed by atoms with E-state index in [9.17, 15) is 0 Å². The number of benzene rings is 1. The molecule has 64 valence electrons. The molecule has 0 saturated carbocycles. The summed E-state index contributed by atoms with van der Waals surface area (Å²) in [5.41, 5.74) is 2.71. The van der Waals surface area contributed by atoms with Gasteiger partial charge in [0.2, 0.25) is 0 Å². The fraction of sp³-hybridized carbons (Fsp3) is 0.400. The van der Waals surface area contributed by atoms with Crippen LogP contribution in [0.1, 0.15) is 25.3 Å². The zero-order valence-electron chi connectivity index (χ0n) is 8.22. The van der Waals surface area contributed by atoms with E-state index in [-0.39, 0.29) is 0 Å². The molecule has 0 N–H and O–H groups in total. The Morgan fingerprint density at radius 2 is 2.00 bits per heavy atom. The van der Waals surface area contributed by atoms with E-state index in [2.05, 4.69) is 33.8 Å². The molecule has 12 heavy (non-hydrogen) atoms. The highest BCUT2D eigenvalue weighted by Crippen LogP contribution is 2.15. The fourth-order valence-corrected chi connectivity index (χ4v) is 1.42. The molecule has 0 aromatic heterocycles. The lowest BCUT2D eigenvalue weighted by molar-refractivity contribution is 0.415. The van der Waals surface area contributed by atoms with Crippen molar-refractivity contribution >= 4 is 13.3 Å². The van der Waals surface area contributed by atoms with Crippen LogP contribution >= 0.6 is 0 Å². The molecule has 0 atom stereocenters. The van der Waals surface area contributed by atoms with E-state index in [0.29, 0.717) is 5.92 Å². The van der Waals surface area contributed by atoms with Crippen LogP contribution in [0.2, 0.25) is 0 Å². The van der Waals surface area contributed by atoms with Crippen molar-refractivity contribution in [1.29, 1.82) is 0 Å². The van der Waals surface area contributed by atoms with Gasteiger partial charge in [-0.15, -0.1) is 0 Å². The summed E-state index contributed by atoms with van der Waals surface area (Å²) in [6, 6.07) is 6.23. The standard InChI is InChI=1S/C10H15BO/c1-7(2)9-5-4-8(12-3)6-10(9)11/h4-7H,11H2,1-3H3. The van der Waals surface area contributed by atoms with Crippen LogP contribution in [0, 0.1) is 0 Å². The summed E-state index contributed by atoms with van der Waals surface area (Å²) >= 11 is 0. The van der Waals surface area contributed by atoms with Gasteiger partial charge in [0.1, 0.15) is 13.6 Å². The SMILES string of the molecule is Bc1cc(OC)ccc1C(C)C. The minimum Gasteiger partial charge on any atom is -0.497 e. The van der Waals surface area contributed by atoms with Gasteiger partial charge in [-0.1, -0.05) is 30.9 Å². The summed E-state index contributed by atoms with van der Waals surface area (Å²) < 4.78 is 5.13. The molecule has 0 fully saturated rings. The predicted octanol–water partition coefficient (Wildman–Crippen LogP) is 1.08. The van der Waals surface area contributed by atoms with Crippen LogP contribution in [0.25, 0.3) is 0 Å². The minimum atomic E-state index is 0.593. The second kappa shape index (κ2) is 3.66. The Balaban J connectivity index is 3.03. The lowest BCUT2D eigenvalue weighted by Crippen LogP contribution is -2.11. The van der Waals surface area contributed by atoms with Gasteiger partial charge in [0.05, 0.1) is 7.11 Å². The van der Waals surface area contributed by atoms with E-state index in [0.717, 1.165) is 5.75 Å². The molecule has 0 aliphatic carbocycles. The number of hydrogen-bond donors (Lipinski definition) is 0. The molecule has 0 aliphatic heterocycles. The van der Waals surface area contributed by atoms with Gasteiger partial charge < -0.3 is 4.74 Å². The molecule has 1 aromatic carbocycles. The first-order chi connectivity index (χ1) is 5.65. The summed E-state index contributed by atoms with van der Waals surface area (Å²) in [5.74, 6) is 1.54.